The number of halogens is 1. The van der Waals surface area contributed by atoms with Crippen molar-refractivity contribution >= 4 is 11.8 Å². The summed E-state index contributed by atoms with van der Waals surface area (Å²) < 4.78 is 16.1. The molecule has 2 aliphatic rings. The van der Waals surface area contributed by atoms with Gasteiger partial charge in [-0.15, -0.1) is 0 Å². The highest BCUT2D eigenvalue weighted by Crippen LogP contribution is 2.40. The van der Waals surface area contributed by atoms with Crippen LogP contribution in [0.2, 0.25) is 0 Å². The molecule has 1 aromatic carbocycles. The van der Waals surface area contributed by atoms with Gasteiger partial charge in [0, 0.05) is 43.8 Å². The smallest absolute Gasteiger partial charge is 0.123 e. The van der Waals surface area contributed by atoms with Crippen LogP contribution in [-0.2, 0) is 6.54 Å². The van der Waals surface area contributed by atoms with Crippen molar-refractivity contribution in [1.82, 2.24) is 14.4 Å². The van der Waals surface area contributed by atoms with E-state index in [9.17, 15) is 4.39 Å². The van der Waals surface area contributed by atoms with Gasteiger partial charge in [0.05, 0.1) is 11.1 Å². The fourth-order valence-electron chi connectivity index (χ4n) is 3.36. The minimum absolute atomic E-state index is 0.134. The van der Waals surface area contributed by atoms with Crippen molar-refractivity contribution in [2.75, 3.05) is 33.2 Å². The van der Waals surface area contributed by atoms with Crippen LogP contribution < -0.4 is 0 Å². The monoisotopic (exact) mass is 317 g/mol. The molecule has 0 amide bonds. The molecule has 5 heteroatoms. The molecule has 2 aliphatic heterocycles. The first-order valence-electron chi connectivity index (χ1n) is 7.76. The Labute approximate surface area is 134 Å². The Morgan fingerprint density at radius 3 is 2.77 bits per heavy atom. The first-order chi connectivity index (χ1) is 10.7. The third kappa shape index (κ3) is 2.57. The second kappa shape index (κ2) is 5.72. The summed E-state index contributed by atoms with van der Waals surface area (Å²) in [5, 5.41) is 1.24. The van der Waals surface area contributed by atoms with E-state index in [0.29, 0.717) is 0 Å². The second-order valence-electron chi connectivity index (χ2n) is 6.14. The lowest BCUT2D eigenvalue weighted by atomic mass is 10.0. The Balaban J connectivity index is 1.74. The summed E-state index contributed by atoms with van der Waals surface area (Å²) in [6.45, 7) is 5.13. The number of rotatable bonds is 1. The van der Waals surface area contributed by atoms with Crippen LogP contribution in [-0.4, -0.2) is 47.6 Å². The summed E-state index contributed by atoms with van der Waals surface area (Å²) in [5.74, 6) is -0.134. The number of piperazine rings is 1. The van der Waals surface area contributed by atoms with E-state index in [0.717, 1.165) is 38.3 Å². The lowest BCUT2D eigenvalue weighted by molar-refractivity contribution is 0.100. The zero-order chi connectivity index (χ0) is 15.1. The van der Waals surface area contributed by atoms with Gasteiger partial charge >= 0.3 is 0 Å². The highest BCUT2D eigenvalue weighted by Gasteiger charge is 2.29. The van der Waals surface area contributed by atoms with Gasteiger partial charge in [0.2, 0.25) is 0 Å². The first-order valence-corrected chi connectivity index (χ1v) is 8.57. The molecule has 0 unspecified atom stereocenters. The van der Waals surface area contributed by atoms with E-state index >= 15 is 0 Å². The van der Waals surface area contributed by atoms with Crippen molar-refractivity contribution in [1.29, 1.82) is 0 Å². The van der Waals surface area contributed by atoms with Gasteiger partial charge in [-0.05, 0) is 42.9 Å². The second-order valence-corrected chi connectivity index (χ2v) is 7.20. The summed E-state index contributed by atoms with van der Waals surface area (Å²) >= 11 is 1.75. The lowest BCUT2D eigenvalue weighted by Crippen LogP contribution is -2.46. The Bertz CT molecular complexity index is 676. The molecule has 3 nitrogen and oxygen atoms in total. The van der Waals surface area contributed by atoms with E-state index in [4.69, 9.17) is 0 Å². The van der Waals surface area contributed by atoms with Crippen molar-refractivity contribution in [2.45, 2.75) is 22.5 Å². The van der Waals surface area contributed by atoms with Crippen LogP contribution in [0.4, 0.5) is 4.39 Å². The molecule has 0 aliphatic carbocycles. The van der Waals surface area contributed by atoms with E-state index in [1.54, 1.807) is 23.9 Å². The van der Waals surface area contributed by atoms with E-state index < -0.39 is 0 Å². The summed E-state index contributed by atoms with van der Waals surface area (Å²) in [4.78, 5) is 6.05. The van der Waals surface area contributed by atoms with Gasteiger partial charge in [-0.2, -0.15) is 0 Å². The molecule has 0 radical (unpaired) electrons. The predicted molar refractivity (Wildman–Crippen MR) is 86.8 cm³/mol. The minimum Gasteiger partial charge on any atom is -0.341 e. The molecule has 2 aromatic rings. The zero-order valence-corrected chi connectivity index (χ0v) is 13.5. The molecule has 1 saturated heterocycles. The van der Waals surface area contributed by atoms with Crippen LogP contribution in [0.5, 0.6) is 0 Å². The Hall–Kier alpha value is -1.30. The SMILES string of the molecule is CN1CCN([C@@H]2Cn3cccc3Sc3ccc(F)cc32)CC1. The number of hydrogen-bond acceptors (Lipinski definition) is 3. The Morgan fingerprint density at radius 2 is 1.95 bits per heavy atom. The van der Waals surface area contributed by atoms with Gasteiger partial charge in [-0.3, -0.25) is 4.90 Å². The van der Waals surface area contributed by atoms with Crippen molar-refractivity contribution in [3.63, 3.8) is 0 Å². The molecule has 1 fully saturated rings. The maximum absolute atomic E-state index is 13.8. The van der Waals surface area contributed by atoms with Crippen molar-refractivity contribution in [2.24, 2.45) is 0 Å². The standard InChI is InChI=1S/C17H20FN3S/c1-19-7-9-20(10-8-19)15-12-21-6-2-3-17(21)22-16-5-4-13(18)11-14(15)16/h2-6,11,15H,7-10,12H2,1H3/t15-/m1/s1. The van der Waals surface area contributed by atoms with Gasteiger partial charge in [0.15, 0.2) is 0 Å². The van der Waals surface area contributed by atoms with Gasteiger partial charge < -0.3 is 9.47 Å². The molecule has 0 spiro atoms. The normalized spacial score (nSPS) is 22.9. The Kier molecular flexibility index (Phi) is 3.72. The van der Waals surface area contributed by atoms with Crippen LogP contribution in [0.15, 0.2) is 46.5 Å². The number of benzene rings is 1. The topological polar surface area (TPSA) is 11.4 Å². The maximum atomic E-state index is 13.8. The highest BCUT2D eigenvalue weighted by atomic mass is 32.2. The van der Waals surface area contributed by atoms with Crippen LogP contribution in [0.3, 0.4) is 0 Å². The first kappa shape index (κ1) is 14.3. The summed E-state index contributed by atoms with van der Waals surface area (Å²) in [7, 11) is 2.16. The largest absolute Gasteiger partial charge is 0.341 e. The number of likely N-dealkylation sites (N-methyl/N-ethyl adjacent to an activating group) is 1. The number of nitrogens with zero attached hydrogens (tertiary/aromatic N) is 3. The molecule has 1 atom stereocenters. The highest BCUT2D eigenvalue weighted by molar-refractivity contribution is 7.99. The minimum atomic E-state index is -0.134. The van der Waals surface area contributed by atoms with Crippen molar-refractivity contribution in [3.8, 4) is 0 Å². The lowest BCUT2D eigenvalue weighted by Gasteiger charge is -2.38. The molecule has 116 valence electrons. The van der Waals surface area contributed by atoms with Gasteiger partial charge in [0.25, 0.3) is 0 Å². The molecular weight excluding hydrogens is 297 g/mol. The summed E-state index contributed by atoms with van der Waals surface area (Å²) in [5.41, 5.74) is 1.14. The van der Waals surface area contributed by atoms with E-state index in [1.165, 1.54) is 9.92 Å². The van der Waals surface area contributed by atoms with Crippen LogP contribution in [0.1, 0.15) is 11.6 Å². The molecule has 0 bridgehead atoms. The average Bonchev–Trinajstić information content (AvgIpc) is 2.89. The molecular formula is C17H20FN3S. The summed E-state index contributed by atoms with van der Waals surface area (Å²) in [6.07, 6.45) is 2.13. The third-order valence-electron chi connectivity index (χ3n) is 4.68. The van der Waals surface area contributed by atoms with Crippen LogP contribution >= 0.6 is 11.8 Å². The van der Waals surface area contributed by atoms with Crippen LogP contribution in [0.25, 0.3) is 0 Å². The molecule has 4 rings (SSSR count). The Morgan fingerprint density at radius 1 is 1.14 bits per heavy atom. The van der Waals surface area contributed by atoms with Crippen molar-refractivity contribution < 1.29 is 4.39 Å². The number of fused-ring (bicyclic) bond motifs is 2. The van der Waals surface area contributed by atoms with E-state index in [-0.39, 0.29) is 11.9 Å². The quantitative estimate of drug-likeness (QED) is 0.801. The van der Waals surface area contributed by atoms with Crippen LogP contribution in [0, 0.1) is 5.82 Å². The zero-order valence-electron chi connectivity index (χ0n) is 12.7. The molecule has 3 heterocycles. The van der Waals surface area contributed by atoms with Gasteiger partial charge in [0.1, 0.15) is 5.82 Å². The van der Waals surface area contributed by atoms with Crippen molar-refractivity contribution in [3.05, 3.63) is 47.9 Å². The van der Waals surface area contributed by atoms with E-state index in [2.05, 4.69) is 39.7 Å². The number of aromatic nitrogens is 1. The maximum Gasteiger partial charge on any atom is 0.123 e. The van der Waals surface area contributed by atoms with Gasteiger partial charge in [-0.25, -0.2) is 4.39 Å². The third-order valence-corrected chi connectivity index (χ3v) is 5.85. The molecule has 22 heavy (non-hydrogen) atoms. The molecule has 1 aromatic heterocycles. The average molecular weight is 317 g/mol. The molecule has 0 N–H and O–H groups in total. The summed E-state index contributed by atoms with van der Waals surface area (Å²) in [6, 6.07) is 9.73. The molecule has 0 saturated carbocycles. The van der Waals surface area contributed by atoms with E-state index in [1.807, 2.05) is 6.07 Å². The predicted octanol–water partition coefficient (Wildman–Crippen LogP) is 3.08. The fourth-order valence-corrected chi connectivity index (χ4v) is 4.43. The number of hydrogen-bond donors (Lipinski definition) is 0. The van der Waals surface area contributed by atoms with Gasteiger partial charge in [-0.1, -0.05) is 11.8 Å². The fraction of sp³-hybridized carbons (Fsp3) is 0.412.